The molecule has 1 aliphatic heterocycles. The van der Waals surface area contributed by atoms with Crippen LogP contribution in [0.5, 0.6) is 11.5 Å². The Morgan fingerprint density at radius 1 is 1.17 bits per heavy atom. The number of carbonyl (C=O) groups is 1. The largest absolute Gasteiger partial charge is 0.493 e. The molecule has 1 aromatic carbocycles. The second-order valence-corrected chi connectivity index (χ2v) is 6.47. The number of methoxy groups -OCH3 is 2. The lowest BCUT2D eigenvalue weighted by Crippen LogP contribution is -2.30. The lowest BCUT2D eigenvalue weighted by molar-refractivity contribution is 0.0951. The van der Waals surface area contributed by atoms with Gasteiger partial charge in [-0.15, -0.1) is 0 Å². The van der Waals surface area contributed by atoms with E-state index < -0.39 is 0 Å². The van der Waals surface area contributed by atoms with Crippen molar-refractivity contribution in [3.05, 3.63) is 22.7 Å². The normalized spacial score (nSPS) is 15.6. The van der Waals surface area contributed by atoms with Gasteiger partial charge in [-0.3, -0.25) is 4.79 Å². The van der Waals surface area contributed by atoms with E-state index in [0.717, 1.165) is 13.0 Å². The molecule has 0 saturated carbocycles. The van der Waals surface area contributed by atoms with E-state index in [-0.39, 0.29) is 5.91 Å². The van der Waals surface area contributed by atoms with Gasteiger partial charge < -0.3 is 19.7 Å². The number of amides is 1. The molecule has 6 heteroatoms. The molecule has 0 aromatic heterocycles. The Hall–Kier alpha value is -1.46. The summed E-state index contributed by atoms with van der Waals surface area (Å²) in [7, 11) is 3.05. The molecule has 0 bridgehead atoms. The molecule has 0 unspecified atom stereocenters. The number of rotatable bonds is 7. The highest BCUT2D eigenvalue weighted by atomic mass is 35.5. The summed E-state index contributed by atoms with van der Waals surface area (Å²) in [6, 6.07) is 3.25. The highest BCUT2D eigenvalue weighted by molar-refractivity contribution is 6.32. The van der Waals surface area contributed by atoms with Crippen LogP contribution < -0.4 is 14.8 Å². The maximum atomic E-state index is 12.3. The van der Waals surface area contributed by atoms with Gasteiger partial charge in [0.15, 0.2) is 11.5 Å². The number of hydrogen-bond donors (Lipinski definition) is 1. The maximum absolute atomic E-state index is 12.3. The van der Waals surface area contributed by atoms with Crippen LogP contribution in [0, 0.1) is 0 Å². The van der Waals surface area contributed by atoms with Gasteiger partial charge in [0.25, 0.3) is 5.91 Å². The summed E-state index contributed by atoms with van der Waals surface area (Å²) in [6.45, 7) is 4.05. The fourth-order valence-electron chi connectivity index (χ4n) is 3.02. The Labute approximate surface area is 149 Å². The Kier molecular flexibility index (Phi) is 7.66. The number of likely N-dealkylation sites (tertiary alicyclic amines) is 1. The first-order valence-corrected chi connectivity index (χ1v) is 8.95. The molecule has 0 aliphatic carbocycles. The molecule has 1 N–H and O–H groups in total. The zero-order valence-corrected chi connectivity index (χ0v) is 15.3. The summed E-state index contributed by atoms with van der Waals surface area (Å²) in [6.07, 6.45) is 6.21. The predicted molar refractivity (Wildman–Crippen MR) is 96.4 cm³/mol. The van der Waals surface area contributed by atoms with Crippen LogP contribution in [-0.4, -0.2) is 51.2 Å². The van der Waals surface area contributed by atoms with Crippen molar-refractivity contribution in [3.63, 3.8) is 0 Å². The molecule has 5 nitrogen and oxygen atoms in total. The average molecular weight is 355 g/mol. The van der Waals surface area contributed by atoms with E-state index in [1.807, 2.05) is 0 Å². The van der Waals surface area contributed by atoms with Gasteiger partial charge in [0.1, 0.15) is 0 Å². The Morgan fingerprint density at radius 3 is 2.50 bits per heavy atom. The van der Waals surface area contributed by atoms with Gasteiger partial charge in [0, 0.05) is 12.1 Å². The summed E-state index contributed by atoms with van der Waals surface area (Å²) in [5, 5.41) is 3.32. The number of carbonyl (C=O) groups excluding carboxylic acids is 1. The quantitative estimate of drug-likeness (QED) is 0.763. The van der Waals surface area contributed by atoms with Crippen molar-refractivity contribution >= 4 is 17.5 Å². The van der Waals surface area contributed by atoms with Gasteiger partial charge in [-0.05, 0) is 51.0 Å². The van der Waals surface area contributed by atoms with E-state index in [9.17, 15) is 4.79 Å². The van der Waals surface area contributed by atoms with E-state index >= 15 is 0 Å². The van der Waals surface area contributed by atoms with Crippen molar-refractivity contribution in [1.82, 2.24) is 10.2 Å². The van der Waals surface area contributed by atoms with E-state index in [1.165, 1.54) is 53.0 Å². The highest BCUT2D eigenvalue weighted by Crippen LogP contribution is 2.35. The first-order chi connectivity index (χ1) is 11.7. The van der Waals surface area contributed by atoms with Gasteiger partial charge >= 0.3 is 0 Å². The monoisotopic (exact) mass is 354 g/mol. The number of hydrogen-bond acceptors (Lipinski definition) is 4. The fraction of sp³-hybridized carbons (Fsp3) is 0.611. The minimum atomic E-state index is -0.145. The lowest BCUT2D eigenvalue weighted by atomic mass is 10.2. The number of halogens is 1. The SMILES string of the molecule is COc1cc(C(=O)NCCCN2CCCCCC2)cc(Cl)c1OC. The fourth-order valence-corrected chi connectivity index (χ4v) is 3.30. The molecule has 1 aromatic rings. The molecule has 0 spiro atoms. The van der Waals surface area contributed by atoms with Crippen LogP contribution in [0.3, 0.4) is 0 Å². The molecule has 24 heavy (non-hydrogen) atoms. The molecule has 1 saturated heterocycles. The topological polar surface area (TPSA) is 50.8 Å². The molecule has 2 rings (SSSR count). The Balaban J connectivity index is 1.83. The van der Waals surface area contributed by atoms with Crippen LogP contribution in [-0.2, 0) is 0 Å². The molecule has 134 valence electrons. The highest BCUT2D eigenvalue weighted by Gasteiger charge is 2.15. The van der Waals surface area contributed by atoms with Crippen LogP contribution in [0.1, 0.15) is 42.5 Å². The summed E-state index contributed by atoms with van der Waals surface area (Å²) in [5.74, 6) is 0.755. The zero-order valence-electron chi connectivity index (χ0n) is 14.6. The third kappa shape index (κ3) is 5.28. The number of benzene rings is 1. The molecule has 0 atom stereocenters. The minimum absolute atomic E-state index is 0.145. The number of nitrogens with one attached hydrogen (secondary N) is 1. The van der Waals surface area contributed by atoms with Gasteiger partial charge in [-0.1, -0.05) is 24.4 Å². The van der Waals surface area contributed by atoms with Crippen molar-refractivity contribution in [2.24, 2.45) is 0 Å². The molecule has 0 radical (unpaired) electrons. The second-order valence-electron chi connectivity index (χ2n) is 6.06. The van der Waals surface area contributed by atoms with E-state index in [4.69, 9.17) is 21.1 Å². The third-order valence-electron chi connectivity index (χ3n) is 4.33. The Morgan fingerprint density at radius 2 is 1.88 bits per heavy atom. The van der Waals surface area contributed by atoms with E-state index in [2.05, 4.69) is 10.2 Å². The first kappa shape index (κ1) is 18.9. The summed E-state index contributed by atoms with van der Waals surface area (Å²) in [5.41, 5.74) is 0.479. The van der Waals surface area contributed by atoms with Crippen molar-refractivity contribution < 1.29 is 14.3 Å². The number of nitrogens with zero attached hydrogens (tertiary/aromatic N) is 1. The van der Waals surface area contributed by atoms with Gasteiger partial charge in [-0.2, -0.15) is 0 Å². The molecule has 1 heterocycles. The molecular weight excluding hydrogens is 328 g/mol. The summed E-state index contributed by atoms with van der Waals surface area (Å²) < 4.78 is 10.4. The first-order valence-electron chi connectivity index (χ1n) is 8.57. The predicted octanol–water partition coefficient (Wildman–Crippen LogP) is 3.35. The third-order valence-corrected chi connectivity index (χ3v) is 4.61. The molecule has 1 fully saturated rings. The second kappa shape index (κ2) is 9.74. The van der Waals surface area contributed by atoms with E-state index in [1.54, 1.807) is 12.1 Å². The minimum Gasteiger partial charge on any atom is -0.493 e. The van der Waals surface area contributed by atoms with Crippen molar-refractivity contribution in [2.75, 3.05) is 40.4 Å². The van der Waals surface area contributed by atoms with Gasteiger partial charge in [-0.25, -0.2) is 0 Å². The van der Waals surface area contributed by atoms with Gasteiger partial charge in [0.05, 0.1) is 19.2 Å². The maximum Gasteiger partial charge on any atom is 0.251 e. The smallest absolute Gasteiger partial charge is 0.251 e. The Bertz CT molecular complexity index is 543. The standard InChI is InChI=1S/C18H27ClN2O3/c1-23-16-13-14(12-15(19)17(16)24-2)18(22)20-8-7-11-21-9-5-3-4-6-10-21/h12-13H,3-11H2,1-2H3,(H,20,22). The van der Waals surface area contributed by atoms with Crippen LogP contribution >= 0.6 is 11.6 Å². The van der Waals surface area contributed by atoms with Crippen molar-refractivity contribution in [2.45, 2.75) is 32.1 Å². The molecule has 1 aliphatic rings. The number of ether oxygens (including phenoxy) is 2. The summed E-state index contributed by atoms with van der Waals surface area (Å²) >= 11 is 6.14. The van der Waals surface area contributed by atoms with Crippen molar-refractivity contribution in [1.29, 1.82) is 0 Å². The lowest BCUT2D eigenvalue weighted by Gasteiger charge is -2.19. The van der Waals surface area contributed by atoms with Crippen LogP contribution in [0.2, 0.25) is 5.02 Å². The molecular formula is C18H27ClN2O3. The summed E-state index contributed by atoms with van der Waals surface area (Å²) in [4.78, 5) is 14.8. The van der Waals surface area contributed by atoms with Crippen LogP contribution in [0.4, 0.5) is 0 Å². The zero-order chi connectivity index (χ0) is 17.4. The van der Waals surface area contributed by atoms with E-state index in [0.29, 0.717) is 28.6 Å². The van der Waals surface area contributed by atoms with Crippen LogP contribution in [0.15, 0.2) is 12.1 Å². The van der Waals surface area contributed by atoms with Gasteiger partial charge in [0.2, 0.25) is 0 Å². The van der Waals surface area contributed by atoms with Crippen molar-refractivity contribution in [3.8, 4) is 11.5 Å². The van der Waals surface area contributed by atoms with Crippen LogP contribution in [0.25, 0.3) is 0 Å². The molecule has 1 amide bonds. The average Bonchev–Trinajstić information content (AvgIpc) is 2.86.